The minimum Gasteiger partial charge on any atom is -0.493 e. The van der Waals surface area contributed by atoms with Gasteiger partial charge in [-0.2, -0.15) is 0 Å². The van der Waals surface area contributed by atoms with E-state index >= 15 is 0 Å². The molecule has 0 aliphatic heterocycles. The van der Waals surface area contributed by atoms with Crippen LogP contribution in [0.2, 0.25) is 0 Å². The topological polar surface area (TPSA) is 67.8 Å². The summed E-state index contributed by atoms with van der Waals surface area (Å²) in [5.74, 6) is 0.745. The molecule has 0 aliphatic carbocycles. The van der Waals surface area contributed by atoms with Crippen LogP contribution >= 0.6 is 15.9 Å². The molecule has 1 unspecified atom stereocenters. The van der Waals surface area contributed by atoms with Crippen LogP contribution in [0.25, 0.3) is 0 Å². The van der Waals surface area contributed by atoms with Crippen LogP contribution in [0.5, 0.6) is 11.5 Å². The summed E-state index contributed by atoms with van der Waals surface area (Å²) in [6.07, 6.45) is 0.239. The number of halogens is 1. The Bertz CT molecular complexity index is 465. The fourth-order valence-electron chi connectivity index (χ4n) is 1.60. The molecule has 1 aromatic carbocycles. The highest BCUT2D eigenvalue weighted by Gasteiger charge is 2.19. The van der Waals surface area contributed by atoms with Crippen molar-refractivity contribution in [1.82, 2.24) is 5.32 Å². The lowest BCUT2D eigenvalue weighted by atomic mass is 10.2. The maximum atomic E-state index is 11.8. The van der Waals surface area contributed by atoms with E-state index in [9.17, 15) is 4.79 Å². The molecular formula is C14H20BrNO4. The zero-order chi connectivity index (χ0) is 15.1. The van der Waals surface area contributed by atoms with Crippen LogP contribution in [0, 0.1) is 0 Å². The molecule has 112 valence electrons. The van der Waals surface area contributed by atoms with Gasteiger partial charge >= 0.3 is 0 Å². The normalized spacial score (nSPS) is 11.8. The predicted octanol–water partition coefficient (Wildman–Crippen LogP) is 2.24. The number of carbonyl (C=O) groups is 1. The van der Waals surface area contributed by atoms with Crippen LogP contribution in [0.4, 0.5) is 0 Å². The van der Waals surface area contributed by atoms with Gasteiger partial charge in [0.1, 0.15) is 0 Å². The molecular weight excluding hydrogens is 326 g/mol. The average Bonchev–Trinajstić information content (AvgIpc) is 2.46. The van der Waals surface area contributed by atoms with E-state index in [-0.39, 0.29) is 12.5 Å². The highest BCUT2D eigenvalue weighted by molar-refractivity contribution is 9.10. The van der Waals surface area contributed by atoms with E-state index in [0.29, 0.717) is 28.1 Å². The van der Waals surface area contributed by atoms with Gasteiger partial charge in [-0.1, -0.05) is 6.92 Å². The van der Waals surface area contributed by atoms with Crippen LogP contribution in [0.1, 0.15) is 25.8 Å². The van der Waals surface area contributed by atoms with E-state index in [4.69, 9.17) is 14.6 Å². The number of benzene rings is 1. The number of amides is 1. The van der Waals surface area contributed by atoms with Crippen molar-refractivity contribution in [2.45, 2.75) is 33.0 Å². The van der Waals surface area contributed by atoms with Gasteiger partial charge in [0.15, 0.2) is 17.6 Å². The molecule has 1 aromatic rings. The van der Waals surface area contributed by atoms with E-state index in [1.54, 1.807) is 19.1 Å². The van der Waals surface area contributed by atoms with E-state index < -0.39 is 6.10 Å². The van der Waals surface area contributed by atoms with Crippen molar-refractivity contribution in [2.24, 2.45) is 0 Å². The van der Waals surface area contributed by atoms with Gasteiger partial charge in [-0.3, -0.25) is 4.79 Å². The Morgan fingerprint density at radius 3 is 2.75 bits per heavy atom. The second kappa shape index (κ2) is 8.11. The summed E-state index contributed by atoms with van der Waals surface area (Å²) < 4.78 is 11.5. The van der Waals surface area contributed by atoms with Crippen molar-refractivity contribution in [1.29, 1.82) is 0 Å². The smallest absolute Gasteiger partial charge is 0.260 e. The van der Waals surface area contributed by atoms with Crippen LogP contribution in [-0.2, 0) is 11.4 Å². The minimum absolute atomic E-state index is 0.0955. The number of aliphatic hydroxyl groups is 1. The zero-order valence-corrected chi connectivity index (χ0v) is 13.5. The van der Waals surface area contributed by atoms with Gasteiger partial charge in [-0.05, 0) is 47.0 Å². The molecule has 20 heavy (non-hydrogen) atoms. The molecule has 0 aliphatic rings. The van der Waals surface area contributed by atoms with E-state index in [1.807, 2.05) is 6.92 Å². The molecule has 0 heterocycles. The lowest BCUT2D eigenvalue weighted by Gasteiger charge is -2.18. The van der Waals surface area contributed by atoms with Crippen molar-refractivity contribution in [3.8, 4) is 11.5 Å². The number of nitrogens with one attached hydrogen (secondary N) is 1. The standard InChI is InChI=1S/C14H20BrNO4/c1-4-5-16-14(18)9(2)20-13-11(15)6-10(8-17)7-12(13)19-3/h6-7,9,17H,4-5,8H2,1-3H3,(H,16,18). The molecule has 0 saturated carbocycles. The molecule has 1 amide bonds. The number of aliphatic hydroxyl groups excluding tert-OH is 1. The third-order valence-electron chi connectivity index (χ3n) is 2.68. The maximum Gasteiger partial charge on any atom is 0.260 e. The van der Waals surface area contributed by atoms with Gasteiger partial charge in [0.25, 0.3) is 5.91 Å². The molecule has 0 saturated heterocycles. The van der Waals surface area contributed by atoms with Crippen molar-refractivity contribution < 1.29 is 19.4 Å². The summed E-state index contributed by atoms with van der Waals surface area (Å²) >= 11 is 3.36. The zero-order valence-electron chi connectivity index (χ0n) is 11.9. The first-order chi connectivity index (χ1) is 9.53. The van der Waals surface area contributed by atoms with Crippen molar-refractivity contribution >= 4 is 21.8 Å². The summed E-state index contributed by atoms with van der Waals surface area (Å²) in [4.78, 5) is 11.8. The second-order valence-corrected chi connectivity index (χ2v) is 5.17. The second-order valence-electron chi connectivity index (χ2n) is 4.32. The first-order valence-electron chi connectivity index (χ1n) is 6.45. The van der Waals surface area contributed by atoms with Crippen LogP contribution in [0.3, 0.4) is 0 Å². The summed E-state index contributed by atoms with van der Waals surface area (Å²) in [6, 6.07) is 3.41. The predicted molar refractivity (Wildman–Crippen MR) is 80.0 cm³/mol. The molecule has 1 rings (SSSR count). The van der Waals surface area contributed by atoms with Crippen LogP contribution in [0.15, 0.2) is 16.6 Å². The van der Waals surface area contributed by atoms with E-state index in [1.165, 1.54) is 7.11 Å². The molecule has 0 radical (unpaired) electrons. The lowest BCUT2D eigenvalue weighted by molar-refractivity contribution is -0.127. The van der Waals surface area contributed by atoms with Crippen molar-refractivity contribution in [3.63, 3.8) is 0 Å². The first kappa shape index (κ1) is 16.8. The van der Waals surface area contributed by atoms with Gasteiger partial charge in [0, 0.05) is 6.54 Å². The Morgan fingerprint density at radius 2 is 2.20 bits per heavy atom. The number of ether oxygens (including phenoxy) is 2. The molecule has 0 bridgehead atoms. The number of hydrogen-bond acceptors (Lipinski definition) is 4. The first-order valence-corrected chi connectivity index (χ1v) is 7.24. The average molecular weight is 346 g/mol. The molecule has 0 aromatic heterocycles. The Kier molecular flexibility index (Phi) is 6.81. The highest BCUT2D eigenvalue weighted by atomic mass is 79.9. The Morgan fingerprint density at radius 1 is 1.50 bits per heavy atom. The Balaban J connectivity index is 2.88. The van der Waals surface area contributed by atoms with Crippen molar-refractivity contribution in [3.05, 3.63) is 22.2 Å². The summed E-state index contributed by atoms with van der Waals surface area (Å²) in [6.45, 7) is 4.19. The fourth-order valence-corrected chi connectivity index (χ4v) is 2.18. The highest BCUT2D eigenvalue weighted by Crippen LogP contribution is 2.37. The van der Waals surface area contributed by atoms with Gasteiger partial charge in [0.2, 0.25) is 0 Å². The number of rotatable bonds is 7. The van der Waals surface area contributed by atoms with Gasteiger partial charge in [0.05, 0.1) is 18.2 Å². The third-order valence-corrected chi connectivity index (χ3v) is 3.27. The third kappa shape index (κ3) is 4.38. The molecule has 6 heteroatoms. The summed E-state index contributed by atoms with van der Waals surface area (Å²) in [5, 5.41) is 11.9. The van der Waals surface area contributed by atoms with Gasteiger partial charge in [-0.15, -0.1) is 0 Å². The van der Waals surface area contributed by atoms with Crippen LogP contribution in [-0.4, -0.2) is 30.8 Å². The molecule has 1 atom stereocenters. The molecule has 0 fully saturated rings. The largest absolute Gasteiger partial charge is 0.493 e. The van der Waals surface area contributed by atoms with E-state index in [0.717, 1.165) is 6.42 Å². The molecule has 2 N–H and O–H groups in total. The van der Waals surface area contributed by atoms with Gasteiger partial charge < -0.3 is 19.9 Å². The van der Waals surface area contributed by atoms with Gasteiger partial charge in [-0.25, -0.2) is 0 Å². The monoisotopic (exact) mass is 345 g/mol. The fraction of sp³-hybridized carbons (Fsp3) is 0.500. The SMILES string of the molecule is CCCNC(=O)C(C)Oc1c(Br)cc(CO)cc1OC. The lowest BCUT2D eigenvalue weighted by Crippen LogP contribution is -2.36. The summed E-state index contributed by atoms with van der Waals surface area (Å²) in [7, 11) is 1.51. The Hall–Kier alpha value is -1.27. The quantitative estimate of drug-likeness (QED) is 0.795. The number of carbonyl (C=O) groups excluding carboxylic acids is 1. The minimum atomic E-state index is -0.633. The van der Waals surface area contributed by atoms with Crippen molar-refractivity contribution in [2.75, 3.05) is 13.7 Å². The number of hydrogen-bond donors (Lipinski definition) is 2. The van der Waals surface area contributed by atoms with Crippen LogP contribution < -0.4 is 14.8 Å². The maximum absolute atomic E-state index is 11.8. The van der Waals surface area contributed by atoms with E-state index in [2.05, 4.69) is 21.2 Å². The Labute approximate surface area is 127 Å². The molecule has 5 nitrogen and oxygen atoms in total. The summed E-state index contributed by atoms with van der Waals surface area (Å²) in [5.41, 5.74) is 0.698. The molecule has 0 spiro atoms. The number of methoxy groups -OCH3 is 1.